The van der Waals surface area contributed by atoms with Crippen molar-refractivity contribution in [2.75, 3.05) is 11.9 Å². The summed E-state index contributed by atoms with van der Waals surface area (Å²) in [6.07, 6.45) is 2.05. The average molecular weight is 290 g/mol. The van der Waals surface area contributed by atoms with Crippen LogP contribution in [-0.4, -0.2) is 22.0 Å². The molecule has 0 aliphatic carbocycles. The van der Waals surface area contributed by atoms with Crippen molar-refractivity contribution in [2.45, 2.75) is 19.5 Å². The number of rotatable bonds is 1. The van der Waals surface area contributed by atoms with E-state index < -0.39 is 0 Å². The molecule has 1 atom stereocenters. The van der Waals surface area contributed by atoms with Crippen molar-refractivity contribution < 1.29 is 4.79 Å². The highest BCUT2D eigenvalue weighted by Gasteiger charge is 2.27. The van der Waals surface area contributed by atoms with Crippen LogP contribution in [-0.2, 0) is 6.54 Å². The molecule has 1 unspecified atom stereocenters. The fraction of sp³-hybridized carbons (Fsp3) is 0.267. The molecule has 1 aliphatic heterocycles. The number of aromatic nitrogens is 1. The third kappa shape index (κ3) is 2.27. The summed E-state index contributed by atoms with van der Waals surface area (Å²) in [5, 5.41) is 3.43. The lowest BCUT2D eigenvalue weighted by atomic mass is 10.1. The van der Waals surface area contributed by atoms with Crippen molar-refractivity contribution >= 4 is 23.3 Å². The molecule has 20 heavy (non-hydrogen) atoms. The lowest BCUT2D eigenvalue weighted by Gasteiger charge is -2.34. The maximum Gasteiger partial charge on any atom is 0.322 e. The number of nitrogens with zero attached hydrogens (tertiary/aromatic N) is 2. The Morgan fingerprint density at radius 2 is 2.05 bits per heavy atom. The van der Waals surface area contributed by atoms with Crippen LogP contribution in [0.5, 0.6) is 0 Å². The lowest BCUT2D eigenvalue weighted by Crippen LogP contribution is -2.43. The number of urea groups is 1. The molecule has 0 fully saturated rings. The Balaban J connectivity index is 1.77. The molecule has 0 bridgehead atoms. The number of anilines is 1. The van der Waals surface area contributed by atoms with Crippen LogP contribution in [0, 0.1) is 0 Å². The molecule has 1 aromatic carbocycles. The number of carbonyl (C=O) groups excluding carboxylic acids is 1. The van der Waals surface area contributed by atoms with Gasteiger partial charge in [0.2, 0.25) is 0 Å². The van der Waals surface area contributed by atoms with E-state index in [1.54, 1.807) is 12.1 Å². The van der Waals surface area contributed by atoms with Crippen LogP contribution in [0.25, 0.3) is 0 Å². The Bertz CT molecular complexity index is 638. The number of hydrogen-bond acceptors (Lipinski definition) is 1. The van der Waals surface area contributed by atoms with Crippen molar-refractivity contribution in [2.24, 2.45) is 0 Å². The molecule has 2 amide bonds. The zero-order chi connectivity index (χ0) is 14.1. The quantitative estimate of drug-likeness (QED) is 0.853. The first-order valence-corrected chi connectivity index (χ1v) is 7.02. The van der Waals surface area contributed by atoms with Gasteiger partial charge in [-0.1, -0.05) is 23.7 Å². The number of halogens is 1. The van der Waals surface area contributed by atoms with Crippen LogP contribution in [0.2, 0.25) is 5.02 Å². The van der Waals surface area contributed by atoms with E-state index in [9.17, 15) is 4.79 Å². The van der Waals surface area contributed by atoms with Crippen molar-refractivity contribution in [1.82, 2.24) is 9.47 Å². The first kappa shape index (κ1) is 13.1. The van der Waals surface area contributed by atoms with Crippen LogP contribution in [0.15, 0.2) is 42.6 Å². The molecule has 0 radical (unpaired) electrons. The van der Waals surface area contributed by atoms with E-state index in [0.29, 0.717) is 17.3 Å². The summed E-state index contributed by atoms with van der Waals surface area (Å²) < 4.78 is 2.18. The number of para-hydroxylation sites is 1. The van der Waals surface area contributed by atoms with Crippen LogP contribution in [0.3, 0.4) is 0 Å². The molecular weight excluding hydrogens is 274 g/mol. The largest absolute Gasteiger partial charge is 0.348 e. The Kier molecular flexibility index (Phi) is 3.40. The highest BCUT2D eigenvalue weighted by atomic mass is 35.5. The first-order chi connectivity index (χ1) is 9.66. The van der Waals surface area contributed by atoms with E-state index in [2.05, 4.69) is 22.1 Å². The number of nitrogens with one attached hydrogen (secondary N) is 1. The zero-order valence-electron chi connectivity index (χ0n) is 11.2. The van der Waals surface area contributed by atoms with E-state index in [1.807, 2.05) is 30.0 Å². The summed E-state index contributed by atoms with van der Waals surface area (Å²) in [7, 11) is 0. The van der Waals surface area contributed by atoms with Gasteiger partial charge in [0.25, 0.3) is 0 Å². The Morgan fingerprint density at radius 1 is 1.25 bits per heavy atom. The standard InChI is InChI=1S/C15H16ClN3O/c1-11-14-7-4-8-18(14)9-10-19(11)15(20)17-13-6-3-2-5-12(13)16/h2-8,11H,9-10H2,1H3,(H,17,20). The number of carbonyl (C=O) groups is 1. The molecule has 0 spiro atoms. The molecule has 1 N–H and O–H groups in total. The SMILES string of the molecule is CC1c2cccn2CCN1C(=O)Nc1ccccc1Cl. The van der Waals surface area contributed by atoms with E-state index in [0.717, 1.165) is 12.2 Å². The van der Waals surface area contributed by atoms with Gasteiger partial charge < -0.3 is 14.8 Å². The van der Waals surface area contributed by atoms with Gasteiger partial charge in [-0.15, -0.1) is 0 Å². The number of hydrogen-bond donors (Lipinski definition) is 1. The second kappa shape index (κ2) is 5.21. The van der Waals surface area contributed by atoms with Gasteiger partial charge in [-0.25, -0.2) is 4.79 Å². The zero-order valence-corrected chi connectivity index (χ0v) is 12.0. The van der Waals surface area contributed by atoms with Gasteiger partial charge in [0.15, 0.2) is 0 Å². The summed E-state index contributed by atoms with van der Waals surface area (Å²) in [5.74, 6) is 0. The van der Waals surface area contributed by atoms with Crippen molar-refractivity contribution in [1.29, 1.82) is 0 Å². The summed E-state index contributed by atoms with van der Waals surface area (Å²) in [6.45, 7) is 3.55. The molecule has 1 aromatic heterocycles. The second-order valence-electron chi connectivity index (χ2n) is 4.91. The van der Waals surface area contributed by atoms with Crippen molar-refractivity contribution in [3.05, 3.63) is 53.3 Å². The molecule has 104 valence electrons. The smallest absolute Gasteiger partial charge is 0.322 e. The summed E-state index contributed by atoms with van der Waals surface area (Å²) in [6, 6.07) is 11.3. The van der Waals surface area contributed by atoms with E-state index >= 15 is 0 Å². The first-order valence-electron chi connectivity index (χ1n) is 6.64. The van der Waals surface area contributed by atoms with Gasteiger partial charge in [0.1, 0.15) is 0 Å². The fourth-order valence-electron chi connectivity index (χ4n) is 2.61. The van der Waals surface area contributed by atoms with Crippen molar-refractivity contribution in [3.8, 4) is 0 Å². The molecule has 2 aromatic rings. The van der Waals surface area contributed by atoms with Gasteiger partial charge in [0, 0.05) is 25.0 Å². The monoisotopic (exact) mass is 289 g/mol. The lowest BCUT2D eigenvalue weighted by molar-refractivity contribution is 0.175. The maximum atomic E-state index is 12.4. The van der Waals surface area contributed by atoms with Crippen LogP contribution in [0.4, 0.5) is 10.5 Å². The van der Waals surface area contributed by atoms with Crippen LogP contribution in [0.1, 0.15) is 18.7 Å². The second-order valence-corrected chi connectivity index (χ2v) is 5.31. The summed E-state index contributed by atoms with van der Waals surface area (Å²) >= 11 is 6.07. The summed E-state index contributed by atoms with van der Waals surface area (Å²) in [5.41, 5.74) is 1.80. The van der Waals surface area contributed by atoms with Gasteiger partial charge in [-0.2, -0.15) is 0 Å². The molecule has 0 saturated heterocycles. The molecule has 3 rings (SSSR count). The van der Waals surface area contributed by atoms with Gasteiger partial charge in [-0.3, -0.25) is 0 Å². The minimum atomic E-state index is -0.113. The molecular formula is C15H16ClN3O. The number of benzene rings is 1. The average Bonchev–Trinajstić information content (AvgIpc) is 2.91. The molecule has 4 nitrogen and oxygen atoms in total. The topological polar surface area (TPSA) is 37.3 Å². The normalized spacial score (nSPS) is 17.7. The van der Waals surface area contributed by atoms with Crippen LogP contribution < -0.4 is 5.32 Å². The highest BCUT2D eigenvalue weighted by Crippen LogP contribution is 2.27. The van der Waals surface area contributed by atoms with Crippen molar-refractivity contribution in [3.63, 3.8) is 0 Å². The van der Waals surface area contributed by atoms with Crippen LogP contribution >= 0.6 is 11.6 Å². The Labute approximate surface area is 123 Å². The predicted octanol–water partition coefficient (Wildman–Crippen LogP) is 3.75. The minimum absolute atomic E-state index is 0.0567. The van der Waals surface area contributed by atoms with Gasteiger partial charge >= 0.3 is 6.03 Å². The highest BCUT2D eigenvalue weighted by molar-refractivity contribution is 6.33. The number of fused-ring (bicyclic) bond motifs is 1. The molecule has 0 saturated carbocycles. The van der Waals surface area contributed by atoms with Gasteiger partial charge in [0.05, 0.1) is 16.8 Å². The molecule has 2 heterocycles. The fourth-order valence-corrected chi connectivity index (χ4v) is 2.79. The van der Waals surface area contributed by atoms with E-state index in [-0.39, 0.29) is 12.1 Å². The van der Waals surface area contributed by atoms with Gasteiger partial charge in [-0.05, 0) is 31.2 Å². The predicted molar refractivity (Wildman–Crippen MR) is 80.0 cm³/mol. The Hall–Kier alpha value is -1.94. The minimum Gasteiger partial charge on any atom is -0.348 e. The number of amides is 2. The third-order valence-electron chi connectivity index (χ3n) is 3.72. The van der Waals surface area contributed by atoms with E-state index in [4.69, 9.17) is 11.6 Å². The Morgan fingerprint density at radius 3 is 2.85 bits per heavy atom. The molecule has 1 aliphatic rings. The third-order valence-corrected chi connectivity index (χ3v) is 4.05. The maximum absolute atomic E-state index is 12.4. The summed E-state index contributed by atoms with van der Waals surface area (Å²) in [4.78, 5) is 14.2. The molecule has 5 heteroatoms. The van der Waals surface area contributed by atoms with E-state index in [1.165, 1.54) is 0 Å².